The molecule has 1 fully saturated rings. The van der Waals surface area contributed by atoms with Gasteiger partial charge >= 0.3 is 5.97 Å². The molecule has 86 valence electrons. The predicted molar refractivity (Wildman–Crippen MR) is 63.5 cm³/mol. The summed E-state index contributed by atoms with van der Waals surface area (Å²) in [7, 11) is 0. The first kappa shape index (κ1) is 11.5. The van der Waals surface area contributed by atoms with Crippen molar-refractivity contribution >= 4 is 21.9 Å². The molecule has 16 heavy (non-hydrogen) atoms. The Morgan fingerprint density at radius 2 is 2.00 bits per heavy atom. The highest BCUT2D eigenvalue weighted by atomic mass is 79.9. The lowest BCUT2D eigenvalue weighted by Gasteiger charge is -2.18. The minimum atomic E-state index is -0.961. The van der Waals surface area contributed by atoms with Gasteiger partial charge in [0.05, 0.1) is 0 Å². The van der Waals surface area contributed by atoms with Gasteiger partial charge in [0.15, 0.2) is 0 Å². The highest BCUT2D eigenvalue weighted by molar-refractivity contribution is 9.10. The molecule has 3 nitrogen and oxygen atoms in total. The minimum Gasteiger partial charge on any atom is -0.508 e. The Kier molecular flexibility index (Phi) is 2.31. The van der Waals surface area contributed by atoms with Gasteiger partial charge < -0.3 is 10.2 Å². The number of aromatic hydroxyl groups is 1. The van der Waals surface area contributed by atoms with Crippen LogP contribution in [0.2, 0.25) is 0 Å². The first-order chi connectivity index (χ1) is 7.33. The van der Waals surface area contributed by atoms with Crippen LogP contribution in [0.15, 0.2) is 22.7 Å². The zero-order valence-electron chi connectivity index (χ0n) is 9.12. The molecule has 1 unspecified atom stereocenters. The molecule has 0 radical (unpaired) electrons. The van der Waals surface area contributed by atoms with Crippen molar-refractivity contribution in [3.8, 4) is 5.75 Å². The van der Waals surface area contributed by atoms with Crippen molar-refractivity contribution in [3.05, 3.63) is 28.2 Å². The topological polar surface area (TPSA) is 57.5 Å². The Morgan fingerprint density at radius 1 is 1.44 bits per heavy atom. The van der Waals surface area contributed by atoms with E-state index in [1.165, 1.54) is 6.07 Å². The van der Waals surface area contributed by atoms with Crippen molar-refractivity contribution in [2.24, 2.45) is 5.41 Å². The molecular formula is C12H13BrO3. The van der Waals surface area contributed by atoms with Crippen LogP contribution in [0.25, 0.3) is 0 Å². The smallest absolute Gasteiger partial charge is 0.314 e. The number of hydrogen-bond donors (Lipinski definition) is 2. The van der Waals surface area contributed by atoms with E-state index in [-0.39, 0.29) is 11.2 Å². The van der Waals surface area contributed by atoms with E-state index in [4.69, 9.17) is 0 Å². The number of hydrogen-bond acceptors (Lipinski definition) is 2. The summed E-state index contributed by atoms with van der Waals surface area (Å²) in [5.74, 6) is -0.831. The summed E-state index contributed by atoms with van der Waals surface area (Å²) in [6.45, 7) is 3.81. The lowest BCUT2D eigenvalue weighted by Crippen LogP contribution is -2.26. The van der Waals surface area contributed by atoms with E-state index in [1.807, 2.05) is 13.8 Å². The molecule has 1 aliphatic rings. The molecule has 2 N–H and O–H groups in total. The van der Waals surface area contributed by atoms with Crippen LogP contribution in [0.4, 0.5) is 0 Å². The zero-order valence-corrected chi connectivity index (χ0v) is 10.7. The molecule has 1 saturated carbocycles. The lowest BCUT2D eigenvalue weighted by atomic mass is 9.87. The number of carboxylic acids is 1. The van der Waals surface area contributed by atoms with E-state index in [9.17, 15) is 15.0 Å². The van der Waals surface area contributed by atoms with Gasteiger partial charge in [-0.25, -0.2) is 0 Å². The van der Waals surface area contributed by atoms with Crippen molar-refractivity contribution in [3.63, 3.8) is 0 Å². The van der Waals surface area contributed by atoms with Gasteiger partial charge in [0.2, 0.25) is 0 Å². The molecule has 0 saturated heterocycles. The Bertz CT molecular complexity index is 447. The number of phenols is 1. The van der Waals surface area contributed by atoms with Gasteiger partial charge in [-0.15, -0.1) is 0 Å². The third-order valence-corrected chi connectivity index (χ3v) is 4.18. The van der Waals surface area contributed by atoms with Crippen molar-refractivity contribution < 1.29 is 15.0 Å². The molecule has 1 aromatic carbocycles. The lowest BCUT2D eigenvalue weighted by molar-refractivity contribution is -0.141. The number of halogens is 1. The summed E-state index contributed by atoms with van der Waals surface area (Å²) >= 11 is 3.32. The number of aliphatic carboxylic acids is 1. The Balaban J connectivity index is 2.64. The largest absolute Gasteiger partial charge is 0.508 e. The molecule has 0 aliphatic heterocycles. The van der Waals surface area contributed by atoms with Gasteiger partial charge in [0, 0.05) is 10.0 Å². The molecule has 1 atom stereocenters. The van der Waals surface area contributed by atoms with Crippen LogP contribution in [0.3, 0.4) is 0 Å². The second kappa shape index (κ2) is 3.23. The summed E-state index contributed by atoms with van der Waals surface area (Å²) in [6.07, 6.45) is 0.547. The molecule has 4 heteroatoms. The average molecular weight is 285 g/mol. The van der Waals surface area contributed by atoms with E-state index in [1.54, 1.807) is 12.1 Å². The van der Waals surface area contributed by atoms with Crippen LogP contribution in [0, 0.1) is 5.41 Å². The van der Waals surface area contributed by atoms with Crippen molar-refractivity contribution in [2.75, 3.05) is 0 Å². The van der Waals surface area contributed by atoms with Gasteiger partial charge in [-0.05, 0) is 24.0 Å². The highest BCUT2D eigenvalue weighted by Gasteiger charge is 2.69. The summed E-state index contributed by atoms with van der Waals surface area (Å²) in [5.41, 5.74) is -0.787. The minimum absolute atomic E-state index is 0.0438. The van der Waals surface area contributed by atoms with Gasteiger partial charge in [0.25, 0.3) is 0 Å². The van der Waals surface area contributed by atoms with Crippen LogP contribution in [-0.2, 0) is 10.2 Å². The van der Waals surface area contributed by atoms with E-state index >= 15 is 0 Å². The molecular weight excluding hydrogens is 272 g/mol. The molecule has 0 bridgehead atoms. The van der Waals surface area contributed by atoms with E-state index in [2.05, 4.69) is 15.9 Å². The quantitative estimate of drug-likeness (QED) is 0.878. The molecule has 0 aromatic heterocycles. The SMILES string of the molecule is CC1(C)CC1(C(=O)O)c1c(O)cccc1Br. The predicted octanol–water partition coefficient (Wildman–Crippen LogP) is 2.91. The molecule has 1 aliphatic carbocycles. The van der Waals surface area contributed by atoms with Crippen LogP contribution >= 0.6 is 15.9 Å². The fourth-order valence-electron chi connectivity index (χ4n) is 2.45. The Morgan fingerprint density at radius 3 is 2.38 bits per heavy atom. The average Bonchev–Trinajstić information content (AvgIpc) is 2.70. The highest BCUT2D eigenvalue weighted by Crippen LogP contribution is 2.67. The van der Waals surface area contributed by atoms with E-state index in [0.29, 0.717) is 16.5 Å². The fraction of sp³-hybridized carbons (Fsp3) is 0.417. The number of carboxylic acid groups (broad SMARTS) is 1. The van der Waals surface area contributed by atoms with Crippen LogP contribution in [-0.4, -0.2) is 16.2 Å². The normalized spacial score (nSPS) is 26.4. The Hall–Kier alpha value is -1.03. The van der Waals surface area contributed by atoms with Crippen LogP contribution in [0.5, 0.6) is 5.75 Å². The molecule has 0 amide bonds. The number of rotatable bonds is 2. The molecule has 0 spiro atoms. The number of benzene rings is 1. The number of phenolic OH excluding ortho intramolecular Hbond substituents is 1. The zero-order chi connectivity index (χ0) is 12.1. The summed E-state index contributed by atoms with van der Waals surface area (Å²) in [4.78, 5) is 11.5. The van der Waals surface area contributed by atoms with Gasteiger partial charge in [-0.1, -0.05) is 35.8 Å². The van der Waals surface area contributed by atoms with Gasteiger partial charge in [-0.2, -0.15) is 0 Å². The van der Waals surface area contributed by atoms with Crippen molar-refractivity contribution in [1.29, 1.82) is 0 Å². The Labute approximate surface area is 102 Å². The third kappa shape index (κ3) is 1.29. The second-order valence-electron chi connectivity index (χ2n) is 4.91. The summed E-state index contributed by atoms with van der Waals surface area (Å²) < 4.78 is 0.653. The number of carbonyl (C=O) groups is 1. The van der Waals surface area contributed by atoms with E-state index in [0.717, 1.165) is 0 Å². The van der Waals surface area contributed by atoms with Crippen LogP contribution < -0.4 is 0 Å². The maximum Gasteiger partial charge on any atom is 0.314 e. The summed E-state index contributed by atoms with van der Waals surface area (Å²) in [6, 6.07) is 4.97. The maximum absolute atomic E-state index is 11.5. The van der Waals surface area contributed by atoms with Gasteiger partial charge in [0.1, 0.15) is 11.2 Å². The third-order valence-electron chi connectivity index (χ3n) is 3.52. The van der Waals surface area contributed by atoms with Crippen LogP contribution in [0.1, 0.15) is 25.8 Å². The maximum atomic E-state index is 11.5. The fourth-order valence-corrected chi connectivity index (χ4v) is 3.15. The van der Waals surface area contributed by atoms with E-state index < -0.39 is 11.4 Å². The molecule has 0 heterocycles. The molecule has 2 rings (SSSR count). The monoisotopic (exact) mass is 284 g/mol. The van der Waals surface area contributed by atoms with Crippen molar-refractivity contribution in [2.45, 2.75) is 25.7 Å². The van der Waals surface area contributed by atoms with Gasteiger partial charge in [-0.3, -0.25) is 4.79 Å². The first-order valence-electron chi connectivity index (χ1n) is 5.04. The molecule has 1 aromatic rings. The summed E-state index contributed by atoms with van der Waals surface area (Å²) in [5, 5.41) is 19.3. The first-order valence-corrected chi connectivity index (χ1v) is 5.83. The second-order valence-corrected chi connectivity index (χ2v) is 5.76. The standard InChI is InChI=1S/C12H13BrO3/c1-11(2)6-12(11,10(15)16)9-7(13)4-3-5-8(9)14/h3-5,14H,6H2,1-2H3,(H,15,16). The van der Waals surface area contributed by atoms with Crippen molar-refractivity contribution in [1.82, 2.24) is 0 Å².